The van der Waals surface area contributed by atoms with E-state index in [1.54, 1.807) is 23.5 Å². The summed E-state index contributed by atoms with van der Waals surface area (Å²) in [7, 11) is 0. The minimum atomic E-state index is -0.949. The number of hydrogen-bond donors (Lipinski definition) is 2. The lowest BCUT2D eigenvalue weighted by Crippen LogP contribution is -2.58. The van der Waals surface area contributed by atoms with Gasteiger partial charge in [0.2, 0.25) is 11.8 Å². The van der Waals surface area contributed by atoms with Crippen LogP contribution in [0.15, 0.2) is 23.6 Å². The van der Waals surface area contributed by atoms with Crippen molar-refractivity contribution >= 4 is 35.0 Å². The lowest BCUT2D eigenvalue weighted by atomic mass is 9.53. The summed E-state index contributed by atoms with van der Waals surface area (Å²) < 4.78 is 0. The monoisotopic (exact) mass is 532 g/mol. The van der Waals surface area contributed by atoms with Crippen LogP contribution < -0.4 is 10.6 Å². The molecule has 1 saturated heterocycles. The molecule has 1 unspecified atom stereocenters. The number of aromatic nitrogens is 1. The zero-order chi connectivity index (χ0) is 26.0. The van der Waals surface area contributed by atoms with Crippen LogP contribution in [0.3, 0.4) is 0 Å². The number of amides is 4. The van der Waals surface area contributed by atoms with Crippen LogP contribution in [0, 0.1) is 17.8 Å². The van der Waals surface area contributed by atoms with E-state index in [9.17, 15) is 19.2 Å². The highest BCUT2D eigenvalue weighted by molar-refractivity contribution is 7.09. The van der Waals surface area contributed by atoms with E-state index >= 15 is 0 Å². The summed E-state index contributed by atoms with van der Waals surface area (Å²) in [5.41, 5.74) is 2.80. The van der Waals surface area contributed by atoms with Gasteiger partial charge in [-0.05, 0) is 87.2 Å². The van der Waals surface area contributed by atoms with Crippen molar-refractivity contribution < 1.29 is 19.2 Å². The number of benzene rings is 1. The Balaban J connectivity index is 1.01. The standard InChI is InChI=1S/C29H32N4O4S/c34-23-7-6-22(26(35)32-23)33-27(36)21-3-1-2-19(25(21)28(33)37)4-5-20-15-38-24(31-20)14-30-29-11-16-8-17(12-29)10-18(9-16)13-29/h1-3,15-18,22,30H,4-14H2,(H,32,34,35). The summed E-state index contributed by atoms with van der Waals surface area (Å²) >= 11 is 1.68. The van der Waals surface area contributed by atoms with Crippen molar-refractivity contribution in [1.82, 2.24) is 20.5 Å². The molecule has 8 nitrogen and oxygen atoms in total. The maximum atomic E-state index is 13.3. The van der Waals surface area contributed by atoms with Crippen LogP contribution in [0.2, 0.25) is 0 Å². The smallest absolute Gasteiger partial charge is 0.262 e. The van der Waals surface area contributed by atoms with E-state index in [0.717, 1.165) is 45.5 Å². The van der Waals surface area contributed by atoms with E-state index in [2.05, 4.69) is 16.0 Å². The molecular formula is C29H32N4O4S. The Bertz CT molecular complexity index is 1310. The zero-order valence-electron chi connectivity index (χ0n) is 21.3. The van der Waals surface area contributed by atoms with Crippen molar-refractivity contribution in [3.05, 3.63) is 51.0 Å². The van der Waals surface area contributed by atoms with E-state index < -0.39 is 23.8 Å². The van der Waals surface area contributed by atoms with Crippen molar-refractivity contribution in [2.24, 2.45) is 17.8 Å². The number of hydrogen-bond acceptors (Lipinski definition) is 7. The molecule has 0 radical (unpaired) electrons. The van der Waals surface area contributed by atoms with Crippen LogP contribution in [0.1, 0.15) is 88.3 Å². The molecule has 9 heteroatoms. The minimum Gasteiger partial charge on any atom is -0.305 e. The van der Waals surface area contributed by atoms with Gasteiger partial charge in [-0.25, -0.2) is 4.98 Å². The lowest BCUT2D eigenvalue weighted by Gasteiger charge is -2.57. The van der Waals surface area contributed by atoms with Crippen LogP contribution in [0.25, 0.3) is 0 Å². The van der Waals surface area contributed by atoms with Gasteiger partial charge in [0.25, 0.3) is 11.8 Å². The molecule has 4 amide bonds. The number of nitrogens with one attached hydrogen (secondary N) is 2. The molecule has 4 bridgehead atoms. The number of fused-ring (bicyclic) bond motifs is 1. The molecule has 8 rings (SSSR count). The fraction of sp³-hybridized carbons (Fsp3) is 0.552. The van der Waals surface area contributed by atoms with E-state index in [0.29, 0.717) is 29.5 Å². The molecular weight excluding hydrogens is 500 g/mol. The number of thiazole rings is 1. The van der Waals surface area contributed by atoms with Gasteiger partial charge in [0.15, 0.2) is 0 Å². The van der Waals surface area contributed by atoms with Gasteiger partial charge >= 0.3 is 0 Å². The van der Waals surface area contributed by atoms with Gasteiger partial charge < -0.3 is 5.32 Å². The van der Waals surface area contributed by atoms with Gasteiger partial charge in [-0.1, -0.05) is 12.1 Å². The molecule has 1 atom stereocenters. The second-order valence-electron chi connectivity index (χ2n) is 12.1. The zero-order valence-corrected chi connectivity index (χ0v) is 22.1. The molecule has 0 spiro atoms. The molecule has 3 heterocycles. The molecule has 2 N–H and O–H groups in total. The minimum absolute atomic E-state index is 0.112. The summed E-state index contributed by atoms with van der Waals surface area (Å²) in [4.78, 5) is 56.3. The van der Waals surface area contributed by atoms with Crippen LogP contribution in [0.5, 0.6) is 0 Å². The van der Waals surface area contributed by atoms with Gasteiger partial charge in [-0.2, -0.15) is 0 Å². The molecule has 198 valence electrons. The Labute approximate surface area is 225 Å². The normalized spacial score (nSPS) is 31.7. The predicted molar refractivity (Wildman–Crippen MR) is 140 cm³/mol. The molecule has 6 aliphatic rings. The third-order valence-corrected chi connectivity index (χ3v) is 10.4. The number of rotatable bonds is 7. The highest BCUT2D eigenvalue weighted by Gasteiger charge is 2.50. The summed E-state index contributed by atoms with van der Waals surface area (Å²) in [5.74, 6) is 0.854. The Kier molecular flexibility index (Phi) is 5.78. The van der Waals surface area contributed by atoms with Gasteiger partial charge in [-0.3, -0.25) is 29.4 Å². The molecule has 5 fully saturated rings. The van der Waals surface area contributed by atoms with Crippen LogP contribution in [-0.4, -0.2) is 45.1 Å². The van der Waals surface area contributed by atoms with E-state index in [-0.39, 0.29) is 18.7 Å². The second-order valence-corrected chi connectivity index (χ2v) is 13.0. The van der Waals surface area contributed by atoms with E-state index in [4.69, 9.17) is 4.98 Å². The molecule has 1 aromatic heterocycles. The molecule has 4 saturated carbocycles. The van der Waals surface area contributed by atoms with E-state index in [1.165, 1.54) is 38.5 Å². The molecule has 2 aromatic rings. The van der Waals surface area contributed by atoms with Gasteiger partial charge in [0.05, 0.1) is 16.8 Å². The summed E-state index contributed by atoms with van der Waals surface area (Å²) in [5, 5.41) is 9.37. The van der Waals surface area contributed by atoms with Crippen molar-refractivity contribution in [1.29, 1.82) is 0 Å². The fourth-order valence-electron chi connectivity index (χ4n) is 8.19. The van der Waals surface area contributed by atoms with Crippen molar-refractivity contribution in [2.75, 3.05) is 0 Å². The molecule has 4 aliphatic carbocycles. The third-order valence-electron chi connectivity index (χ3n) is 9.46. The highest BCUT2D eigenvalue weighted by atomic mass is 32.1. The van der Waals surface area contributed by atoms with Crippen LogP contribution in [-0.2, 0) is 29.0 Å². The van der Waals surface area contributed by atoms with Crippen molar-refractivity contribution in [2.45, 2.75) is 82.3 Å². The number of aryl methyl sites for hydroxylation is 2. The maximum absolute atomic E-state index is 13.3. The summed E-state index contributed by atoms with van der Waals surface area (Å²) in [6, 6.07) is 4.35. The number of imide groups is 2. The Morgan fingerprint density at radius 3 is 2.45 bits per heavy atom. The first-order valence-electron chi connectivity index (χ1n) is 13.9. The highest BCUT2D eigenvalue weighted by Crippen LogP contribution is 2.55. The number of carbonyl (C=O) groups excluding carboxylic acids is 4. The van der Waals surface area contributed by atoms with Crippen LogP contribution >= 0.6 is 11.3 Å². The van der Waals surface area contributed by atoms with Crippen LogP contribution in [0.4, 0.5) is 0 Å². The van der Waals surface area contributed by atoms with Gasteiger partial charge in [0.1, 0.15) is 11.0 Å². The van der Waals surface area contributed by atoms with Crippen molar-refractivity contribution in [3.63, 3.8) is 0 Å². The average molecular weight is 533 g/mol. The van der Waals surface area contributed by atoms with Gasteiger partial charge in [0, 0.05) is 23.9 Å². The quantitative estimate of drug-likeness (QED) is 0.530. The fourth-order valence-corrected chi connectivity index (χ4v) is 8.96. The van der Waals surface area contributed by atoms with E-state index in [1.807, 2.05) is 6.07 Å². The van der Waals surface area contributed by atoms with Gasteiger partial charge in [-0.15, -0.1) is 11.3 Å². The number of carbonyl (C=O) groups is 4. The molecule has 1 aromatic carbocycles. The largest absolute Gasteiger partial charge is 0.305 e. The molecule has 2 aliphatic heterocycles. The second kappa shape index (κ2) is 9.09. The Hall–Kier alpha value is -2.91. The van der Waals surface area contributed by atoms with Crippen molar-refractivity contribution in [3.8, 4) is 0 Å². The molecule has 38 heavy (non-hydrogen) atoms. The third kappa shape index (κ3) is 4.11. The lowest BCUT2D eigenvalue weighted by molar-refractivity contribution is -0.136. The Morgan fingerprint density at radius 1 is 1.00 bits per heavy atom. The maximum Gasteiger partial charge on any atom is 0.262 e. The number of piperidine rings is 1. The predicted octanol–water partition coefficient (Wildman–Crippen LogP) is 3.39. The first kappa shape index (κ1) is 24.2. The SMILES string of the molecule is O=C1CCC(N2C(=O)c3cccc(CCc4csc(CNC56CC7CC(CC(C7)C5)C6)n4)c3C2=O)C(=O)N1. The first-order valence-corrected chi connectivity index (χ1v) is 14.8. The summed E-state index contributed by atoms with van der Waals surface area (Å²) in [6.45, 7) is 0.811. The Morgan fingerprint density at radius 2 is 1.74 bits per heavy atom. The topological polar surface area (TPSA) is 108 Å². The average Bonchev–Trinajstić information content (AvgIpc) is 3.44. The first-order chi connectivity index (χ1) is 18.4. The summed E-state index contributed by atoms with van der Waals surface area (Å²) in [6.07, 6.45) is 9.78. The number of nitrogens with zero attached hydrogens (tertiary/aromatic N) is 2.